The number of rotatable bonds is 1. The van der Waals surface area contributed by atoms with Crippen molar-refractivity contribution in [1.82, 2.24) is 0 Å². The van der Waals surface area contributed by atoms with E-state index < -0.39 is 11.9 Å². The fraction of sp³-hybridized carbons (Fsp3) is 0.167. The second-order valence-corrected chi connectivity index (χ2v) is 3.04. The molecule has 0 aliphatic rings. The topological polar surface area (TPSA) is 63.6 Å². The SMILES string of the molecule is COC(=O)C#Cc1c(C)cccc1C(=O)O. The third-order valence-corrected chi connectivity index (χ3v) is 1.98. The molecule has 0 fully saturated rings. The van der Waals surface area contributed by atoms with Gasteiger partial charge in [-0.05, 0) is 18.6 Å². The lowest BCUT2D eigenvalue weighted by Gasteiger charge is -2.01. The van der Waals surface area contributed by atoms with Crippen molar-refractivity contribution in [1.29, 1.82) is 0 Å². The van der Waals surface area contributed by atoms with E-state index in [2.05, 4.69) is 16.6 Å². The van der Waals surface area contributed by atoms with Gasteiger partial charge in [0, 0.05) is 11.5 Å². The summed E-state index contributed by atoms with van der Waals surface area (Å²) in [5.41, 5.74) is 1.12. The lowest BCUT2D eigenvalue weighted by atomic mass is 10.0. The molecule has 1 aromatic carbocycles. The average molecular weight is 218 g/mol. The summed E-state index contributed by atoms with van der Waals surface area (Å²) in [6.45, 7) is 1.73. The number of aromatic carboxylic acids is 1. The quantitative estimate of drug-likeness (QED) is 0.568. The average Bonchev–Trinajstić information content (AvgIpc) is 2.26. The second-order valence-electron chi connectivity index (χ2n) is 3.04. The predicted molar refractivity (Wildman–Crippen MR) is 57.0 cm³/mol. The van der Waals surface area contributed by atoms with Gasteiger partial charge in [0.1, 0.15) is 0 Å². The Labute approximate surface area is 92.9 Å². The number of esters is 1. The molecule has 1 N–H and O–H groups in total. The van der Waals surface area contributed by atoms with Gasteiger partial charge < -0.3 is 9.84 Å². The molecule has 0 aliphatic carbocycles. The van der Waals surface area contributed by atoms with Crippen LogP contribution in [0.4, 0.5) is 0 Å². The number of hydrogen-bond acceptors (Lipinski definition) is 3. The molecule has 0 bridgehead atoms. The van der Waals surface area contributed by atoms with E-state index in [1.54, 1.807) is 19.1 Å². The highest BCUT2D eigenvalue weighted by atomic mass is 16.5. The van der Waals surface area contributed by atoms with Gasteiger partial charge in [-0.1, -0.05) is 18.1 Å². The van der Waals surface area contributed by atoms with E-state index >= 15 is 0 Å². The molecule has 1 rings (SSSR count). The molecule has 0 radical (unpaired) electrons. The number of hydrogen-bond donors (Lipinski definition) is 1. The standard InChI is InChI=1S/C12H10O4/c1-8-4-3-5-10(12(14)15)9(8)6-7-11(13)16-2/h3-5H,1-2H3,(H,14,15). The van der Waals surface area contributed by atoms with E-state index in [1.807, 2.05) is 0 Å². The monoisotopic (exact) mass is 218 g/mol. The normalized spacial score (nSPS) is 8.88. The van der Waals surface area contributed by atoms with Gasteiger partial charge in [-0.3, -0.25) is 0 Å². The van der Waals surface area contributed by atoms with Crippen molar-refractivity contribution < 1.29 is 19.4 Å². The first-order chi connectivity index (χ1) is 7.56. The molecule has 0 heterocycles. The number of carbonyl (C=O) groups excluding carboxylic acids is 1. The smallest absolute Gasteiger partial charge is 0.384 e. The van der Waals surface area contributed by atoms with Gasteiger partial charge in [-0.2, -0.15) is 0 Å². The van der Waals surface area contributed by atoms with Crippen molar-refractivity contribution in [3.8, 4) is 11.8 Å². The maximum atomic E-state index is 10.9. The molecule has 0 amide bonds. The molecule has 4 nitrogen and oxygen atoms in total. The van der Waals surface area contributed by atoms with Crippen LogP contribution >= 0.6 is 0 Å². The van der Waals surface area contributed by atoms with Gasteiger partial charge in [-0.25, -0.2) is 9.59 Å². The third kappa shape index (κ3) is 2.61. The van der Waals surface area contributed by atoms with Crippen molar-refractivity contribution >= 4 is 11.9 Å². The van der Waals surface area contributed by atoms with Crippen LogP contribution in [0.25, 0.3) is 0 Å². The van der Waals surface area contributed by atoms with Gasteiger partial charge in [-0.15, -0.1) is 0 Å². The molecule has 1 aromatic rings. The van der Waals surface area contributed by atoms with Crippen LogP contribution in [0.2, 0.25) is 0 Å². The highest BCUT2D eigenvalue weighted by Gasteiger charge is 2.09. The summed E-state index contributed by atoms with van der Waals surface area (Å²) in [5.74, 6) is 2.95. The van der Waals surface area contributed by atoms with Gasteiger partial charge in [0.2, 0.25) is 0 Å². The Bertz CT molecular complexity index is 491. The molecule has 0 aliphatic heterocycles. The summed E-state index contributed by atoms with van der Waals surface area (Å²) in [6.07, 6.45) is 0. The first kappa shape index (κ1) is 11.8. The Morgan fingerprint density at radius 1 is 1.38 bits per heavy atom. The Morgan fingerprint density at radius 2 is 2.06 bits per heavy atom. The number of methoxy groups -OCH3 is 1. The second kappa shape index (κ2) is 4.99. The van der Waals surface area contributed by atoms with Crippen LogP contribution in [0, 0.1) is 18.8 Å². The number of ether oxygens (including phenoxy) is 1. The summed E-state index contributed by atoms with van der Waals surface area (Å²) in [6, 6.07) is 4.80. The third-order valence-electron chi connectivity index (χ3n) is 1.98. The molecule has 82 valence electrons. The summed E-state index contributed by atoms with van der Waals surface area (Å²) in [4.78, 5) is 21.7. The highest BCUT2D eigenvalue weighted by molar-refractivity contribution is 5.93. The first-order valence-corrected chi connectivity index (χ1v) is 4.49. The Kier molecular flexibility index (Phi) is 3.67. The van der Waals surface area contributed by atoms with Crippen LogP contribution in [0.15, 0.2) is 18.2 Å². The molecular formula is C12H10O4. The van der Waals surface area contributed by atoms with Crippen LogP contribution in [0.5, 0.6) is 0 Å². The fourth-order valence-corrected chi connectivity index (χ4v) is 1.18. The van der Waals surface area contributed by atoms with Gasteiger partial charge in [0.05, 0.1) is 12.7 Å². The van der Waals surface area contributed by atoms with Crippen LogP contribution in [0.1, 0.15) is 21.5 Å². The van der Waals surface area contributed by atoms with Crippen molar-refractivity contribution in [2.24, 2.45) is 0 Å². The largest absolute Gasteiger partial charge is 0.478 e. The van der Waals surface area contributed by atoms with Crippen LogP contribution < -0.4 is 0 Å². The maximum Gasteiger partial charge on any atom is 0.384 e. The van der Waals surface area contributed by atoms with E-state index in [1.165, 1.54) is 13.2 Å². The Morgan fingerprint density at radius 3 is 2.62 bits per heavy atom. The zero-order valence-electron chi connectivity index (χ0n) is 8.90. The molecular weight excluding hydrogens is 208 g/mol. The number of carbonyl (C=O) groups is 2. The molecule has 0 unspecified atom stereocenters. The van der Waals surface area contributed by atoms with Gasteiger partial charge in [0.25, 0.3) is 0 Å². The molecule has 4 heteroatoms. The first-order valence-electron chi connectivity index (χ1n) is 4.49. The summed E-state index contributed by atoms with van der Waals surface area (Å²) in [7, 11) is 1.22. The van der Waals surface area contributed by atoms with E-state index in [0.717, 1.165) is 0 Å². The van der Waals surface area contributed by atoms with Gasteiger partial charge >= 0.3 is 11.9 Å². The summed E-state index contributed by atoms with van der Waals surface area (Å²) in [5, 5.41) is 8.93. The highest BCUT2D eigenvalue weighted by Crippen LogP contribution is 2.12. The summed E-state index contributed by atoms with van der Waals surface area (Å²) >= 11 is 0. The minimum absolute atomic E-state index is 0.0800. The molecule has 0 saturated heterocycles. The van der Waals surface area contributed by atoms with Crippen LogP contribution in [0.3, 0.4) is 0 Å². The van der Waals surface area contributed by atoms with E-state index in [4.69, 9.17) is 5.11 Å². The van der Waals surface area contributed by atoms with Crippen molar-refractivity contribution in [3.05, 3.63) is 34.9 Å². The van der Waals surface area contributed by atoms with Crippen molar-refractivity contribution in [2.75, 3.05) is 7.11 Å². The molecule has 0 saturated carbocycles. The Hall–Kier alpha value is -2.28. The fourth-order valence-electron chi connectivity index (χ4n) is 1.18. The zero-order valence-corrected chi connectivity index (χ0v) is 8.90. The zero-order chi connectivity index (χ0) is 12.1. The lowest BCUT2D eigenvalue weighted by Crippen LogP contribution is -2.02. The van der Waals surface area contributed by atoms with Crippen molar-refractivity contribution in [3.63, 3.8) is 0 Å². The maximum absolute atomic E-state index is 10.9. The minimum Gasteiger partial charge on any atom is -0.478 e. The molecule has 0 spiro atoms. The van der Waals surface area contributed by atoms with E-state index in [0.29, 0.717) is 11.1 Å². The Balaban J connectivity index is 3.24. The van der Waals surface area contributed by atoms with Gasteiger partial charge in [0.15, 0.2) is 0 Å². The number of carboxylic acids is 1. The number of carboxylic acid groups (broad SMARTS) is 1. The lowest BCUT2D eigenvalue weighted by molar-refractivity contribution is -0.133. The molecule has 0 atom stereocenters. The van der Waals surface area contributed by atoms with E-state index in [-0.39, 0.29) is 5.56 Å². The number of aryl methyl sites for hydroxylation is 1. The van der Waals surface area contributed by atoms with Crippen LogP contribution in [-0.4, -0.2) is 24.2 Å². The summed E-state index contributed by atoms with van der Waals surface area (Å²) < 4.78 is 4.35. The van der Waals surface area contributed by atoms with Crippen molar-refractivity contribution in [2.45, 2.75) is 6.92 Å². The predicted octanol–water partition coefficient (Wildman–Crippen LogP) is 1.22. The number of benzene rings is 1. The van der Waals surface area contributed by atoms with E-state index in [9.17, 15) is 9.59 Å². The minimum atomic E-state index is -1.07. The molecule has 0 aromatic heterocycles. The molecule has 16 heavy (non-hydrogen) atoms. The van der Waals surface area contributed by atoms with Crippen LogP contribution in [-0.2, 0) is 9.53 Å².